The fourth-order valence-electron chi connectivity index (χ4n) is 2.57. The molecule has 0 aromatic heterocycles. The number of hydrogen-bond donors (Lipinski definition) is 0. The van der Waals surface area contributed by atoms with Gasteiger partial charge < -0.3 is 9.64 Å². The second kappa shape index (κ2) is 6.13. The summed E-state index contributed by atoms with van der Waals surface area (Å²) in [5, 5.41) is 2.09. The van der Waals surface area contributed by atoms with Gasteiger partial charge in [0.2, 0.25) is 0 Å². The molecular weight excluding hydrogens is 286 g/mol. The minimum absolute atomic E-state index is 0.0352. The number of carbonyl (C=O) groups excluding carboxylic acids is 1. The van der Waals surface area contributed by atoms with Crippen molar-refractivity contribution in [3.63, 3.8) is 0 Å². The summed E-state index contributed by atoms with van der Waals surface area (Å²) in [4.78, 5) is 14.7. The molecule has 3 aromatic rings. The van der Waals surface area contributed by atoms with E-state index in [2.05, 4.69) is 0 Å². The molecule has 0 radical (unpaired) electrons. The van der Waals surface area contributed by atoms with Crippen LogP contribution in [0.4, 0.5) is 5.69 Å². The van der Waals surface area contributed by atoms with E-state index >= 15 is 0 Å². The largest absolute Gasteiger partial charge is 0.497 e. The van der Waals surface area contributed by atoms with Crippen LogP contribution >= 0.6 is 0 Å². The van der Waals surface area contributed by atoms with Crippen LogP contribution in [0, 0.1) is 0 Å². The molecule has 3 aromatic carbocycles. The predicted octanol–water partition coefficient (Wildman–Crippen LogP) is 4.15. The first-order chi connectivity index (χ1) is 11.1. The summed E-state index contributed by atoms with van der Waals surface area (Å²) in [5.74, 6) is 0.851. The second-order valence-electron chi connectivity index (χ2n) is 5.70. The molecule has 0 spiro atoms. The third-order valence-electron chi connectivity index (χ3n) is 3.96. The Balaban J connectivity index is 1.94. The van der Waals surface area contributed by atoms with Crippen molar-refractivity contribution in [1.29, 1.82) is 0 Å². The molecule has 23 heavy (non-hydrogen) atoms. The molecule has 0 aliphatic carbocycles. The molecule has 0 amide bonds. The number of anilines is 1. The lowest BCUT2D eigenvalue weighted by Crippen LogP contribution is -2.09. The van der Waals surface area contributed by atoms with Crippen molar-refractivity contribution in [3.8, 4) is 5.75 Å². The summed E-state index contributed by atoms with van der Waals surface area (Å²) < 4.78 is 5.23. The molecule has 3 rings (SSSR count). The lowest BCUT2D eigenvalue weighted by Gasteiger charge is -2.12. The lowest BCUT2D eigenvalue weighted by atomic mass is 9.99. The fraction of sp³-hybridized carbons (Fsp3) is 0.150. The Labute approximate surface area is 136 Å². The first-order valence-electron chi connectivity index (χ1n) is 7.48. The van der Waals surface area contributed by atoms with Gasteiger partial charge in [0.15, 0.2) is 5.78 Å². The topological polar surface area (TPSA) is 29.5 Å². The van der Waals surface area contributed by atoms with Gasteiger partial charge in [-0.3, -0.25) is 4.79 Å². The molecule has 0 saturated heterocycles. The Bertz CT molecular complexity index is 851. The highest BCUT2D eigenvalue weighted by atomic mass is 16.5. The number of ketones is 1. The summed E-state index contributed by atoms with van der Waals surface area (Å²) in [6, 6.07) is 19.3. The van der Waals surface area contributed by atoms with Gasteiger partial charge in [0.1, 0.15) is 5.75 Å². The Hall–Kier alpha value is -2.81. The normalized spacial score (nSPS) is 10.6. The van der Waals surface area contributed by atoms with E-state index in [9.17, 15) is 4.79 Å². The minimum atomic E-state index is 0.0352. The predicted molar refractivity (Wildman–Crippen MR) is 94.7 cm³/mol. The monoisotopic (exact) mass is 305 g/mol. The van der Waals surface area contributed by atoms with Gasteiger partial charge in [0.05, 0.1) is 7.11 Å². The van der Waals surface area contributed by atoms with E-state index in [1.54, 1.807) is 7.11 Å². The standard InChI is InChI=1S/C20H19NO2/c1-21(2)18-9-6-14(7-10-18)20(22)17-5-4-16-13-19(23-3)11-8-15(16)12-17/h4-13H,1-3H3. The number of nitrogens with zero attached hydrogens (tertiary/aromatic N) is 1. The van der Waals surface area contributed by atoms with Crippen LogP contribution in [0.25, 0.3) is 10.8 Å². The van der Waals surface area contributed by atoms with Crippen LogP contribution in [0.15, 0.2) is 60.7 Å². The Morgan fingerprint density at radius 2 is 1.43 bits per heavy atom. The van der Waals surface area contributed by atoms with Gasteiger partial charge in [-0.05, 0) is 53.2 Å². The molecule has 0 unspecified atom stereocenters. The van der Waals surface area contributed by atoms with E-state index in [0.717, 1.165) is 22.2 Å². The zero-order valence-corrected chi connectivity index (χ0v) is 13.5. The number of benzene rings is 3. The van der Waals surface area contributed by atoms with E-state index in [1.807, 2.05) is 79.7 Å². The minimum Gasteiger partial charge on any atom is -0.497 e. The van der Waals surface area contributed by atoms with Gasteiger partial charge in [0, 0.05) is 30.9 Å². The third kappa shape index (κ3) is 3.04. The molecule has 0 heterocycles. The molecule has 0 bridgehead atoms. The van der Waals surface area contributed by atoms with Crippen molar-refractivity contribution in [2.45, 2.75) is 0 Å². The molecule has 3 heteroatoms. The molecular formula is C20H19NO2. The quantitative estimate of drug-likeness (QED) is 0.678. The molecule has 0 aliphatic heterocycles. The highest BCUT2D eigenvalue weighted by molar-refractivity contribution is 6.10. The average Bonchev–Trinajstić information content (AvgIpc) is 2.60. The van der Waals surface area contributed by atoms with Crippen molar-refractivity contribution in [3.05, 3.63) is 71.8 Å². The highest BCUT2D eigenvalue weighted by Crippen LogP contribution is 2.23. The Morgan fingerprint density at radius 3 is 2.09 bits per heavy atom. The summed E-state index contributed by atoms with van der Waals surface area (Å²) >= 11 is 0. The maximum absolute atomic E-state index is 12.7. The number of ether oxygens (including phenoxy) is 1. The van der Waals surface area contributed by atoms with Crippen LogP contribution in [-0.4, -0.2) is 27.0 Å². The van der Waals surface area contributed by atoms with Crippen LogP contribution in [0.1, 0.15) is 15.9 Å². The molecule has 0 fully saturated rings. The molecule has 0 saturated carbocycles. The van der Waals surface area contributed by atoms with Crippen LogP contribution in [0.5, 0.6) is 5.75 Å². The van der Waals surface area contributed by atoms with E-state index in [0.29, 0.717) is 11.1 Å². The number of methoxy groups -OCH3 is 1. The van der Waals surface area contributed by atoms with E-state index in [1.165, 1.54) is 0 Å². The Kier molecular flexibility index (Phi) is 4.02. The van der Waals surface area contributed by atoms with Crippen molar-refractivity contribution in [1.82, 2.24) is 0 Å². The van der Waals surface area contributed by atoms with E-state index in [-0.39, 0.29) is 5.78 Å². The van der Waals surface area contributed by atoms with Gasteiger partial charge >= 0.3 is 0 Å². The number of carbonyl (C=O) groups is 1. The van der Waals surface area contributed by atoms with E-state index < -0.39 is 0 Å². The van der Waals surface area contributed by atoms with Crippen molar-refractivity contribution < 1.29 is 9.53 Å². The van der Waals surface area contributed by atoms with Crippen LogP contribution in [-0.2, 0) is 0 Å². The van der Waals surface area contributed by atoms with Crippen molar-refractivity contribution >= 4 is 22.2 Å². The highest BCUT2D eigenvalue weighted by Gasteiger charge is 2.10. The molecule has 116 valence electrons. The summed E-state index contributed by atoms with van der Waals surface area (Å²) in [5.41, 5.74) is 2.47. The third-order valence-corrected chi connectivity index (χ3v) is 3.96. The van der Waals surface area contributed by atoms with Crippen LogP contribution < -0.4 is 9.64 Å². The van der Waals surface area contributed by atoms with E-state index in [4.69, 9.17) is 4.74 Å². The summed E-state index contributed by atoms with van der Waals surface area (Å²) in [6.07, 6.45) is 0. The number of rotatable bonds is 4. The zero-order chi connectivity index (χ0) is 16.4. The number of hydrogen-bond acceptors (Lipinski definition) is 3. The maximum atomic E-state index is 12.7. The van der Waals surface area contributed by atoms with Crippen molar-refractivity contribution in [2.24, 2.45) is 0 Å². The summed E-state index contributed by atoms with van der Waals surface area (Å²) in [6.45, 7) is 0. The van der Waals surface area contributed by atoms with Gasteiger partial charge in [-0.2, -0.15) is 0 Å². The van der Waals surface area contributed by atoms with Gasteiger partial charge in [-0.25, -0.2) is 0 Å². The molecule has 0 atom stereocenters. The zero-order valence-electron chi connectivity index (χ0n) is 13.5. The van der Waals surface area contributed by atoms with Gasteiger partial charge in [-0.1, -0.05) is 18.2 Å². The molecule has 0 aliphatic rings. The molecule has 3 nitrogen and oxygen atoms in total. The van der Waals surface area contributed by atoms with Crippen LogP contribution in [0.2, 0.25) is 0 Å². The van der Waals surface area contributed by atoms with Gasteiger partial charge in [0.25, 0.3) is 0 Å². The fourth-order valence-corrected chi connectivity index (χ4v) is 2.57. The SMILES string of the molecule is COc1ccc2cc(C(=O)c3ccc(N(C)C)cc3)ccc2c1. The first-order valence-corrected chi connectivity index (χ1v) is 7.48. The van der Waals surface area contributed by atoms with Gasteiger partial charge in [-0.15, -0.1) is 0 Å². The van der Waals surface area contributed by atoms with Crippen molar-refractivity contribution in [2.75, 3.05) is 26.1 Å². The second-order valence-corrected chi connectivity index (χ2v) is 5.70. The Morgan fingerprint density at radius 1 is 0.826 bits per heavy atom. The lowest BCUT2D eigenvalue weighted by molar-refractivity contribution is 0.103. The maximum Gasteiger partial charge on any atom is 0.193 e. The average molecular weight is 305 g/mol. The van der Waals surface area contributed by atoms with Crippen LogP contribution in [0.3, 0.4) is 0 Å². The smallest absolute Gasteiger partial charge is 0.193 e. The summed E-state index contributed by atoms with van der Waals surface area (Å²) in [7, 11) is 5.61. The molecule has 0 N–H and O–H groups in total. The number of fused-ring (bicyclic) bond motifs is 1. The first kappa shape index (κ1) is 15.1.